The number of fused-ring (bicyclic) bond motifs is 1. The van der Waals surface area contributed by atoms with E-state index in [-0.39, 0.29) is 12.7 Å². The van der Waals surface area contributed by atoms with Crippen molar-refractivity contribution in [1.29, 1.82) is 0 Å². The molecular formula is C19H23N5O3. The van der Waals surface area contributed by atoms with E-state index in [0.29, 0.717) is 31.3 Å². The van der Waals surface area contributed by atoms with Crippen LogP contribution in [0.1, 0.15) is 17.7 Å². The Kier molecular flexibility index (Phi) is 6.09. The molecule has 27 heavy (non-hydrogen) atoms. The second kappa shape index (κ2) is 8.88. The summed E-state index contributed by atoms with van der Waals surface area (Å²) in [5, 5.41) is 9.11. The first kappa shape index (κ1) is 18.5. The van der Waals surface area contributed by atoms with Crippen LogP contribution < -0.4 is 25.4 Å². The van der Waals surface area contributed by atoms with Crippen molar-refractivity contribution < 1.29 is 14.3 Å². The number of aromatic nitrogens is 1. The molecule has 8 heteroatoms. The molecule has 0 atom stereocenters. The predicted molar refractivity (Wildman–Crippen MR) is 103 cm³/mol. The van der Waals surface area contributed by atoms with Crippen LogP contribution in [-0.2, 0) is 11.3 Å². The number of carbonyl (C=O) groups is 1. The first-order valence-electron chi connectivity index (χ1n) is 8.70. The molecule has 0 spiro atoms. The number of hydrogen-bond donors (Lipinski definition) is 3. The van der Waals surface area contributed by atoms with Crippen LogP contribution in [0, 0.1) is 6.92 Å². The largest absolute Gasteiger partial charge is 0.454 e. The van der Waals surface area contributed by atoms with Gasteiger partial charge in [-0.15, -0.1) is 0 Å². The number of pyridine rings is 1. The number of nitrogens with one attached hydrogen (secondary N) is 3. The van der Waals surface area contributed by atoms with Gasteiger partial charge < -0.3 is 25.4 Å². The number of aliphatic imine (C=N–C) groups is 1. The van der Waals surface area contributed by atoms with Gasteiger partial charge in [-0.3, -0.25) is 9.79 Å². The van der Waals surface area contributed by atoms with Gasteiger partial charge in [0.2, 0.25) is 12.7 Å². The molecule has 8 nitrogen and oxygen atoms in total. The normalized spacial score (nSPS) is 12.6. The molecule has 0 bridgehead atoms. The molecule has 0 aliphatic carbocycles. The topological polar surface area (TPSA) is 96.9 Å². The van der Waals surface area contributed by atoms with Crippen molar-refractivity contribution in [2.75, 3.05) is 25.7 Å². The Morgan fingerprint density at radius 2 is 2.04 bits per heavy atom. The maximum atomic E-state index is 12.0. The van der Waals surface area contributed by atoms with Crippen LogP contribution >= 0.6 is 0 Å². The summed E-state index contributed by atoms with van der Waals surface area (Å²) >= 11 is 0. The van der Waals surface area contributed by atoms with Gasteiger partial charge in [-0.1, -0.05) is 12.1 Å². The number of carbonyl (C=O) groups excluding carboxylic acids is 1. The number of nitrogens with zero attached hydrogens (tertiary/aromatic N) is 2. The molecular weight excluding hydrogens is 346 g/mol. The van der Waals surface area contributed by atoms with E-state index < -0.39 is 0 Å². The minimum absolute atomic E-state index is 0.105. The molecule has 3 rings (SSSR count). The summed E-state index contributed by atoms with van der Waals surface area (Å²) in [4.78, 5) is 20.4. The van der Waals surface area contributed by atoms with Crippen LogP contribution in [0.25, 0.3) is 0 Å². The van der Waals surface area contributed by atoms with E-state index in [1.165, 1.54) is 0 Å². The highest BCUT2D eigenvalue weighted by atomic mass is 16.7. The fraction of sp³-hybridized carbons (Fsp3) is 0.316. The molecule has 2 aromatic rings. The highest BCUT2D eigenvalue weighted by Crippen LogP contribution is 2.32. The first-order valence-corrected chi connectivity index (χ1v) is 8.70. The van der Waals surface area contributed by atoms with Crippen molar-refractivity contribution in [3.8, 4) is 11.5 Å². The van der Waals surface area contributed by atoms with Gasteiger partial charge >= 0.3 is 0 Å². The van der Waals surface area contributed by atoms with Crippen molar-refractivity contribution >= 4 is 17.7 Å². The minimum atomic E-state index is -0.105. The second-order valence-electron chi connectivity index (χ2n) is 6.00. The average molecular weight is 369 g/mol. The molecule has 3 N–H and O–H groups in total. The maximum Gasteiger partial charge on any atom is 0.231 e. The standard InChI is InChI=1S/C19H23N5O3/c1-13-4-3-5-17(23-13)24-18(25)8-9-21-19(20-2)22-11-14-6-7-15-16(10-14)27-12-26-15/h3-7,10H,8-9,11-12H2,1-2H3,(H2,20,21,22)(H,23,24,25). The molecule has 1 aromatic carbocycles. The highest BCUT2D eigenvalue weighted by molar-refractivity contribution is 5.90. The molecule has 0 saturated carbocycles. The molecule has 0 radical (unpaired) electrons. The molecule has 0 fully saturated rings. The lowest BCUT2D eigenvalue weighted by molar-refractivity contribution is -0.116. The molecule has 142 valence electrons. The van der Waals surface area contributed by atoms with Gasteiger partial charge in [0.25, 0.3) is 0 Å². The number of anilines is 1. The van der Waals surface area contributed by atoms with Crippen molar-refractivity contribution in [1.82, 2.24) is 15.6 Å². The van der Waals surface area contributed by atoms with E-state index in [2.05, 4.69) is 25.9 Å². The van der Waals surface area contributed by atoms with E-state index in [1.54, 1.807) is 13.1 Å². The summed E-state index contributed by atoms with van der Waals surface area (Å²) in [7, 11) is 1.69. The third-order valence-electron chi connectivity index (χ3n) is 3.92. The van der Waals surface area contributed by atoms with Crippen LogP contribution in [0.4, 0.5) is 5.82 Å². The lowest BCUT2D eigenvalue weighted by Gasteiger charge is -2.12. The van der Waals surface area contributed by atoms with Gasteiger partial charge in [0.15, 0.2) is 17.5 Å². The molecule has 0 saturated heterocycles. The number of ether oxygens (including phenoxy) is 2. The summed E-state index contributed by atoms with van der Waals surface area (Å²) < 4.78 is 10.7. The smallest absolute Gasteiger partial charge is 0.231 e. The molecule has 2 heterocycles. The van der Waals surface area contributed by atoms with Crippen LogP contribution in [0.15, 0.2) is 41.4 Å². The van der Waals surface area contributed by atoms with Crippen LogP contribution in [0.3, 0.4) is 0 Å². The number of aryl methyl sites for hydroxylation is 1. The van der Waals surface area contributed by atoms with E-state index in [0.717, 1.165) is 22.8 Å². The SMILES string of the molecule is CN=C(NCCC(=O)Nc1cccc(C)n1)NCc1ccc2c(c1)OCO2. The van der Waals surface area contributed by atoms with Gasteiger partial charge in [0, 0.05) is 32.3 Å². The van der Waals surface area contributed by atoms with Crippen molar-refractivity contribution in [2.24, 2.45) is 4.99 Å². The van der Waals surface area contributed by atoms with Gasteiger partial charge in [0.1, 0.15) is 5.82 Å². The number of amides is 1. The summed E-state index contributed by atoms with van der Waals surface area (Å²) in [6.45, 7) is 3.18. The second-order valence-corrected chi connectivity index (χ2v) is 6.00. The molecule has 1 aliphatic heterocycles. The van der Waals surface area contributed by atoms with Crippen molar-refractivity contribution in [3.05, 3.63) is 47.7 Å². The van der Waals surface area contributed by atoms with Gasteiger partial charge in [-0.05, 0) is 36.8 Å². The van der Waals surface area contributed by atoms with Crippen LogP contribution in [0.5, 0.6) is 11.5 Å². The first-order chi connectivity index (χ1) is 13.1. The Morgan fingerprint density at radius 3 is 2.85 bits per heavy atom. The van der Waals surface area contributed by atoms with E-state index in [4.69, 9.17) is 9.47 Å². The quantitative estimate of drug-likeness (QED) is 0.531. The number of hydrogen-bond acceptors (Lipinski definition) is 5. The van der Waals surface area contributed by atoms with E-state index >= 15 is 0 Å². The fourth-order valence-corrected chi connectivity index (χ4v) is 2.57. The predicted octanol–water partition coefficient (Wildman–Crippen LogP) is 1.81. The minimum Gasteiger partial charge on any atom is -0.454 e. The third kappa shape index (κ3) is 5.34. The Bertz CT molecular complexity index is 838. The zero-order valence-electron chi connectivity index (χ0n) is 15.4. The monoisotopic (exact) mass is 369 g/mol. The Balaban J connectivity index is 1.40. The highest BCUT2D eigenvalue weighted by Gasteiger charge is 2.13. The van der Waals surface area contributed by atoms with E-state index in [1.807, 2.05) is 37.3 Å². The molecule has 1 aliphatic rings. The Hall–Kier alpha value is -3.29. The summed E-state index contributed by atoms with van der Waals surface area (Å²) in [5.74, 6) is 2.58. The van der Waals surface area contributed by atoms with Gasteiger partial charge in [-0.25, -0.2) is 4.98 Å². The summed E-state index contributed by atoms with van der Waals surface area (Å²) in [5.41, 5.74) is 1.91. The third-order valence-corrected chi connectivity index (χ3v) is 3.92. The molecule has 0 unspecified atom stereocenters. The number of rotatable bonds is 6. The maximum absolute atomic E-state index is 12.0. The number of benzene rings is 1. The van der Waals surface area contributed by atoms with Crippen molar-refractivity contribution in [3.63, 3.8) is 0 Å². The number of guanidine groups is 1. The van der Waals surface area contributed by atoms with Crippen molar-refractivity contribution in [2.45, 2.75) is 19.9 Å². The lowest BCUT2D eigenvalue weighted by atomic mass is 10.2. The van der Waals surface area contributed by atoms with Crippen LogP contribution in [0.2, 0.25) is 0 Å². The van der Waals surface area contributed by atoms with E-state index in [9.17, 15) is 4.79 Å². The van der Waals surface area contributed by atoms with Gasteiger partial charge in [-0.2, -0.15) is 0 Å². The zero-order valence-corrected chi connectivity index (χ0v) is 15.4. The Labute approximate surface area is 158 Å². The lowest BCUT2D eigenvalue weighted by Crippen LogP contribution is -2.38. The molecule has 1 aromatic heterocycles. The summed E-state index contributed by atoms with van der Waals surface area (Å²) in [6.07, 6.45) is 0.306. The van der Waals surface area contributed by atoms with Gasteiger partial charge in [0.05, 0.1) is 0 Å². The fourth-order valence-electron chi connectivity index (χ4n) is 2.57. The Morgan fingerprint density at radius 1 is 1.19 bits per heavy atom. The van der Waals surface area contributed by atoms with Crippen LogP contribution in [-0.4, -0.2) is 37.2 Å². The molecule has 1 amide bonds. The zero-order chi connectivity index (χ0) is 19.1. The average Bonchev–Trinajstić information content (AvgIpc) is 3.12. The summed E-state index contributed by atoms with van der Waals surface area (Å²) in [6, 6.07) is 11.3.